The predicted octanol–water partition coefficient (Wildman–Crippen LogP) is 3.69. The lowest BCUT2D eigenvalue weighted by atomic mass is 10.1. The second-order valence-electron chi connectivity index (χ2n) is 6.35. The number of likely N-dealkylation sites (tertiary alicyclic amines) is 1. The van der Waals surface area contributed by atoms with Crippen LogP contribution >= 0.6 is 0 Å². The number of carbonyl (C=O) groups excluding carboxylic acids is 2. The minimum atomic E-state index is -0.245. The van der Waals surface area contributed by atoms with Crippen LogP contribution in [0.1, 0.15) is 36.9 Å². The smallest absolute Gasteiger partial charge is 0.319 e. The van der Waals surface area contributed by atoms with E-state index in [2.05, 4.69) is 10.6 Å². The minimum absolute atomic E-state index is 0.0772. The molecule has 5 heteroatoms. The maximum absolute atomic E-state index is 12.2. The van der Waals surface area contributed by atoms with Gasteiger partial charge in [0, 0.05) is 25.2 Å². The fourth-order valence-corrected chi connectivity index (χ4v) is 3.03. The highest BCUT2D eigenvalue weighted by atomic mass is 16.2. The van der Waals surface area contributed by atoms with Gasteiger partial charge < -0.3 is 15.5 Å². The van der Waals surface area contributed by atoms with Crippen LogP contribution in [0.25, 0.3) is 0 Å². The van der Waals surface area contributed by atoms with Gasteiger partial charge in [-0.15, -0.1) is 0 Å². The Morgan fingerprint density at radius 2 is 1.96 bits per heavy atom. The van der Waals surface area contributed by atoms with Crippen LogP contribution in [0, 0.1) is 0 Å². The molecule has 1 aliphatic rings. The minimum Gasteiger partial charge on any atom is -0.338 e. The zero-order valence-corrected chi connectivity index (χ0v) is 14.4. The lowest BCUT2D eigenvalue weighted by molar-refractivity contribution is -0.128. The summed E-state index contributed by atoms with van der Waals surface area (Å²) in [5, 5.41) is 5.80. The zero-order chi connectivity index (χ0) is 17.6. The van der Waals surface area contributed by atoms with Gasteiger partial charge in [0.25, 0.3) is 0 Å². The molecule has 3 amide bonds. The van der Waals surface area contributed by atoms with Crippen molar-refractivity contribution >= 4 is 17.6 Å². The summed E-state index contributed by atoms with van der Waals surface area (Å²) >= 11 is 0. The number of benzene rings is 2. The fraction of sp³-hybridized carbons (Fsp3) is 0.300. The fourth-order valence-electron chi connectivity index (χ4n) is 3.03. The third-order valence-electron chi connectivity index (χ3n) is 4.38. The van der Waals surface area contributed by atoms with Gasteiger partial charge in [-0.25, -0.2) is 4.79 Å². The van der Waals surface area contributed by atoms with Crippen LogP contribution in [-0.2, 0) is 11.3 Å². The molecule has 1 heterocycles. The van der Waals surface area contributed by atoms with Gasteiger partial charge in [-0.1, -0.05) is 42.5 Å². The van der Waals surface area contributed by atoms with Crippen molar-refractivity contribution in [2.24, 2.45) is 0 Å². The topological polar surface area (TPSA) is 61.4 Å². The molecular formula is C20H23N3O2. The van der Waals surface area contributed by atoms with E-state index in [4.69, 9.17) is 0 Å². The van der Waals surface area contributed by atoms with E-state index in [1.807, 2.05) is 66.4 Å². The number of hydrogen-bond acceptors (Lipinski definition) is 2. The summed E-state index contributed by atoms with van der Waals surface area (Å²) in [5.41, 5.74) is 2.80. The SMILES string of the molecule is CC(NC(=O)Nc1cccc(CN2CCCC2=O)c1)c1ccccc1. The molecule has 0 bridgehead atoms. The lowest BCUT2D eigenvalue weighted by Crippen LogP contribution is -2.31. The summed E-state index contributed by atoms with van der Waals surface area (Å²) in [6, 6.07) is 17.1. The number of hydrogen-bond donors (Lipinski definition) is 2. The van der Waals surface area contributed by atoms with E-state index in [9.17, 15) is 9.59 Å². The Labute approximate surface area is 148 Å². The molecule has 0 spiro atoms. The van der Waals surface area contributed by atoms with Gasteiger partial charge in [0.05, 0.1) is 6.04 Å². The maximum atomic E-state index is 12.2. The van der Waals surface area contributed by atoms with E-state index in [1.165, 1.54) is 0 Å². The zero-order valence-electron chi connectivity index (χ0n) is 14.4. The van der Waals surface area contributed by atoms with Crippen molar-refractivity contribution < 1.29 is 9.59 Å². The number of rotatable bonds is 5. The number of nitrogens with one attached hydrogen (secondary N) is 2. The van der Waals surface area contributed by atoms with Crippen molar-refractivity contribution in [1.82, 2.24) is 10.2 Å². The molecule has 2 N–H and O–H groups in total. The highest BCUT2D eigenvalue weighted by Crippen LogP contribution is 2.17. The van der Waals surface area contributed by atoms with Crippen molar-refractivity contribution in [2.45, 2.75) is 32.4 Å². The van der Waals surface area contributed by atoms with Gasteiger partial charge in [0.15, 0.2) is 0 Å². The number of carbonyl (C=O) groups is 2. The molecule has 0 saturated carbocycles. The van der Waals surface area contributed by atoms with Gasteiger partial charge >= 0.3 is 6.03 Å². The van der Waals surface area contributed by atoms with Gasteiger partial charge in [-0.05, 0) is 36.6 Å². The Kier molecular flexibility index (Phi) is 5.33. The molecule has 25 heavy (non-hydrogen) atoms. The van der Waals surface area contributed by atoms with Crippen LogP contribution < -0.4 is 10.6 Å². The summed E-state index contributed by atoms with van der Waals surface area (Å²) in [5.74, 6) is 0.202. The molecule has 0 radical (unpaired) electrons. The first kappa shape index (κ1) is 17.0. The summed E-state index contributed by atoms with van der Waals surface area (Å²) in [6.45, 7) is 3.35. The highest BCUT2D eigenvalue weighted by molar-refractivity contribution is 5.89. The third-order valence-corrected chi connectivity index (χ3v) is 4.38. The average molecular weight is 337 g/mol. The Morgan fingerprint density at radius 1 is 1.16 bits per heavy atom. The summed E-state index contributed by atoms with van der Waals surface area (Å²) < 4.78 is 0. The van der Waals surface area contributed by atoms with Gasteiger partial charge in [0.1, 0.15) is 0 Å². The number of anilines is 1. The van der Waals surface area contributed by atoms with E-state index in [1.54, 1.807) is 0 Å². The van der Waals surface area contributed by atoms with Crippen LogP contribution in [0.4, 0.5) is 10.5 Å². The van der Waals surface area contributed by atoms with Crippen molar-refractivity contribution in [3.63, 3.8) is 0 Å². The standard InChI is InChI=1S/C20H23N3O2/c1-15(17-8-3-2-4-9-17)21-20(25)22-18-10-5-7-16(13-18)14-23-12-6-11-19(23)24/h2-5,7-10,13,15H,6,11-12,14H2,1H3,(H2,21,22,25). The molecule has 5 nitrogen and oxygen atoms in total. The molecule has 2 aromatic rings. The Hall–Kier alpha value is -2.82. The Bertz CT molecular complexity index is 746. The Morgan fingerprint density at radius 3 is 2.68 bits per heavy atom. The van der Waals surface area contributed by atoms with Gasteiger partial charge in [-0.3, -0.25) is 4.79 Å². The molecule has 1 aliphatic heterocycles. The summed E-state index contributed by atoms with van der Waals surface area (Å²) in [7, 11) is 0. The predicted molar refractivity (Wildman–Crippen MR) is 98.1 cm³/mol. The second kappa shape index (κ2) is 7.83. The first-order chi connectivity index (χ1) is 12.1. The van der Waals surface area contributed by atoms with Crippen LogP contribution in [0.5, 0.6) is 0 Å². The van der Waals surface area contributed by atoms with Crippen molar-refractivity contribution in [3.8, 4) is 0 Å². The molecule has 3 rings (SSSR count). The molecule has 1 atom stereocenters. The van der Waals surface area contributed by atoms with Crippen LogP contribution in [0.2, 0.25) is 0 Å². The van der Waals surface area contributed by atoms with Gasteiger partial charge in [0.2, 0.25) is 5.91 Å². The summed E-state index contributed by atoms with van der Waals surface area (Å²) in [4.78, 5) is 25.8. The van der Waals surface area contributed by atoms with Gasteiger partial charge in [-0.2, -0.15) is 0 Å². The molecule has 1 unspecified atom stereocenters. The maximum Gasteiger partial charge on any atom is 0.319 e. The quantitative estimate of drug-likeness (QED) is 0.874. The van der Waals surface area contributed by atoms with Crippen LogP contribution in [0.15, 0.2) is 54.6 Å². The molecule has 1 saturated heterocycles. The number of urea groups is 1. The number of amides is 3. The second-order valence-corrected chi connectivity index (χ2v) is 6.35. The van der Waals surface area contributed by atoms with E-state index >= 15 is 0 Å². The molecule has 0 aromatic heterocycles. The Balaban J connectivity index is 1.58. The highest BCUT2D eigenvalue weighted by Gasteiger charge is 2.20. The van der Waals surface area contributed by atoms with Crippen LogP contribution in [0.3, 0.4) is 0 Å². The normalized spacial score (nSPS) is 15.1. The average Bonchev–Trinajstić information content (AvgIpc) is 3.00. The van der Waals surface area contributed by atoms with Crippen molar-refractivity contribution in [3.05, 3.63) is 65.7 Å². The molecule has 130 valence electrons. The van der Waals surface area contributed by atoms with E-state index < -0.39 is 0 Å². The first-order valence-electron chi connectivity index (χ1n) is 8.61. The van der Waals surface area contributed by atoms with Crippen LogP contribution in [-0.4, -0.2) is 23.4 Å². The van der Waals surface area contributed by atoms with E-state index in [0.717, 1.165) is 29.8 Å². The third kappa shape index (κ3) is 4.59. The molecule has 0 aliphatic carbocycles. The molecule has 1 fully saturated rings. The van der Waals surface area contributed by atoms with Crippen molar-refractivity contribution in [2.75, 3.05) is 11.9 Å². The largest absolute Gasteiger partial charge is 0.338 e. The molecular weight excluding hydrogens is 314 g/mol. The van der Waals surface area contributed by atoms with E-state index in [-0.39, 0.29) is 18.0 Å². The first-order valence-corrected chi connectivity index (χ1v) is 8.61. The van der Waals surface area contributed by atoms with E-state index in [0.29, 0.717) is 13.0 Å². The number of nitrogens with zero attached hydrogens (tertiary/aromatic N) is 1. The molecule has 2 aromatic carbocycles. The summed E-state index contributed by atoms with van der Waals surface area (Å²) in [6.07, 6.45) is 1.56. The lowest BCUT2D eigenvalue weighted by Gasteiger charge is -2.17. The van der Waals surface area contributed by atoms with Crippen molar-refractivity contribution in [1.29, 1.82) is 0 Å². The monoisotopic (exact) mass is 337 g/mol.